The number of carbonyl (C=O) groups excluding carboxylic acids is 2. The minimum Gasteiger partial charge on any atom is -0.393 e. The van der Waals surface area contributed by atoms with Gasteiger partial charge in [0.2, 0.25) is 0 Å². The van der Waals surface area contributed by atoms with Gasteiger partial charge in [-0.05, 0) is 89.9 Å². The first-order chi connectivity index (χ1) is 12.4. The molecule has 0 spiro atoms. The number of carbonyl (C=O) groups is 2. The molecule has 0 heterocycles. The Bertz CT molecular complexity index is 478. The van der Waals surface area contributed by atoms with Crippen molar-refractivity contribution in [3.8, 4) is 0 Å². The molecule has 5 aliphatic rings. The van der Waals surface area contributed by atoms with Gasteiger partial charge in [0.05, 0.1) is 12.2 Å². The SMILES string of the molecule is O=C(C1CCC(O)CC1)C12CCC(C(=O)C3CCC(O)CC3)(CC1)CC2. The lowest BCUT2D eigenvalue weighted by atomic mass is 9.49. The summed E-state index contributed by atoms with van der Waals surface area (Å²) in [5.74, 6) is 1.18. The maximum absolute atomic E-state index is 13.3. The molecule has 0 atom stereocenters. The van der Waals surface area contributed by atoms with Crippen molar-refractivity contribution in [2.24, 2.45) is 22.7 Å². The highest BCUT2D eigenvalue weighted by molar-refractivity contribution is 5.91. The van der Waals surface area contributed by atoms with Crippen molar-refractivity contribution in [2.45, 2.75) is 102 Å². The number of hydrogen-bond acceptors (Lipinski definition) is 4. The molecule has 0 amide bonds. The largest absolute Gasteiger partial charge is 0.393 e. The lowest BCUT2D eigenvalue weighted by Crippen LogP contribution is -2.52. The van der Waals surface area contributed by atoms with Crippen LogP contribution in [0.1, 0.15) is 89.9 Å². The van der Waals surface area contributed by atoms with Gasteiger partial charge in [0.1, 0.15) is 11.6 Å². The fraction of sp³-hybridized carbons (Fsp3) is 0.909. The average molecular weight is 363 g/mol. The quantitative estimate of drug-likeness (QED) is 0.802. The fourth-order valence-corrected chi connectivity index (χ4v) is 6.47. The fourth-order valence-electron chi connectivity index (χ4n) is 6.47. The van der Waals surface area contributed by atoms with Crippen LogP contribution in [0.3, 0.4) is 0 Å². The van der Waals surface area contributed by atoms with E-state index in [1.54, 1.807) is 0 Å². The van der Waals surface area contributed by atoms with E-state index in [-0.39, 0.29) is 34.9 Å². The van der Waals surface area contributed by atoms with Gasteiger partial charge in [-0.3, -0.25) is 9.59 Å². The summed E-state index contributed by atoms with van der Waals surface area (Å²) in [5.41, 5.74) is -0.338. The Morgan fingerprint density at radius 1 is 0.538 bits per heavy atom. The topological polar surface area (TPSA) is 74.6 Å². The van der Waals surface area contributed by atoms with E-state index in [4.69, 9.17) is 0 Å². The molecule has 26 heavy (non-hydrogen) atoms. The minimum absolute atomic E-state index is 0.138. The summed E-state index contributed by atoms with van der Waals surface area (Å²) in [5, 5.41) is 19.4. The third kappa shape index (κ3) is 3.17. The first kappa shape index (κ1) is 18.6. The minimum atomic E-state index is -0.214. The zero-order chi connectivity index (χ0) is 18.4. The number of aliphatic hydroxyl groups is 2. The molecule has 5 aliphatic carbocycles. The molecule has 5 fully saturated rings. The molecular formula is C22H34O4. The zero-order valence-electron chi connectivity index (χ0n) is 15.9. The first-order valence-corrected chi connectivity index (χ1v) is 10.9. The number of aliphatic hydroxyl groups excluding tert-OH is 2. The lowest BCUT2D eigenvalue weighted by molar-refractivity contribution is -0.154. The molecule has 2 N–H and O–H groups in total. The van der Waals surface area contributed by atoms with Crippen molar-refractivity contribution in [3.63, 3.8) is 0 Å². The number of hydrogen-bond donors (Lipinski definition) is 2. The van der Waals surface area contributed by atoms with Gasteiger partial charge in [-0.15, -0.1) is 0 Å². The summed E-state index contributed by atoms with van der Waals surface area (Å²) in [6.45, 7) is 0. The van der Waals surface area contributed by atoms with Crippen LogP contribution in [0.15, 0.2) is 0 Å². The van der Waals surface area contributed by atoms with Gasteiger partial charge in [0, 0.05) is 22.7 Å². The molecular weight excluding hydrogens is 328 g/mol. The molecule has 0 aromatic heterocycles. The van der Waals surface area contributed by atoms with Crippen molar-refractivity contribution >= 4 is 11.6 Å². The Labute approximate surface area is 156 Å². The normalized spacial score (nSPS) is 46.1. The van der Waals surface area contributed by atoms with Crippen LogP contribution < -0.4 is 0 Å². The Morgan fingerprint density at radius 3 is 1.08 bits per heavy atom. The van der Waals surface area contributed by atoms with Crippen LogP contribution in [0.4, 0.5) is 0 Å². The Kier molecular flexibility index (Phi) is 5.02. The summed E-state index contributed by atoms with van der Waals surface area (Å²) in [7, 11) is 0. The highest BCUT2D eigenvalue weighted by Gasteiger charge is 2.56. The van der Waals surface area contributed by atoms with Crippen LogP contribution in [-0.4, -0.2) is 34.0 Å². The van der Waals surface area contributed by atoms with E-state index in [1.807, 2.05) is 0 Å². The maximum Gasteiger partial charge on any atom is 0.142 e. The molecule has 0 aromatic carbocycles. The van der Waals surface area contributed by atoms with Gasteiger partial charge in [-0.2, -0.15) is 0 Å². The standard InChI is InChI=1S/C22H34O4/c23-17-5-1-15(2-6-17)19(25)21-9-12-22(13-10-21,14-11-21)20(26)16-3-7-18(24)8-4-16/h15-18,23-24H,1-14H2. The van der Waals surface area contributed by atoms with Crippen LogP contribution in [0.2, 0.25) is 0 Å². The van der Waals surface area contributed by atoms with E-state index in [0.717, 1.165) is 89.9 Å². The molecule has 0 aliphatic heterocycles. The summed E-state index contributed by atoms with van der Waals surface area (Å²) in [4.78, 5) is 26.5. The molecule has 0 saturated heterocycles. The molecule has 2 bridgehead atoms. The zero-order valence-corrected chi connectivity index (χ0v) is 15.9. The monoisotopic (exact) mass is 362 g/mol. The van der Waals surface area contributed by atoms with Gasteiger partial charge < -0.3 is 10.2 Å². The average Bonchev–Trinajstić information content (AvgIpc) is 2.69. The lowest BCUT2D eigenvalue weighted by Gasteiger charge is -2.54. The second-order valence-corrected chi connectivity index (χ2v) is 9.80. The van der Waals surface area contributed by atoms with E-state index in [1.165, 1.54) is 0 Å². The highest BCUT2D eigenvalue weighted by Crippen LogP contribution is 2.60. The van der Waals surface area contributed by atoms with Gasteiger partial charge in [-0.1, -0.05) is 0 Å². The molecule has 0 aromatic rings. The second-order valence-electron chi connectivity index (χ2n) is 9.80. The predicted octanol–water partition coefficient (Wildman–Crippen LogP) is 3.57. The van der Waals surface area contributed by atoms with Crippen LogP contribution in [-0.2, 0) is 9.59 Å². The molecule has 0 radical (unpaired) electrons. The van der Waals surface area contributed by atoms with Crippen LogP contribution in [0.5, 0.6) is 0 Å². The molecule has 4 heteroatoms. The first-order valence-electron chi connectivity index (χ1n) is 10.9. The van der Waals surface area contributed by atoms with E-state index in [9.17, 15) is 19.8 Å². The second kappa shape index (κ2) is 7.01. The van der Waals surface area contributed by atoms with Crippen LogP contribution >= 0.6 is 0 Å². The molecule has 146 valence electrons. The summed E-state index contributed by atoms with van der Waals surface area (Å²) in [6, 6.07) is 0. The van der Waals surface area contributed by atoms with Gasteiger partial charge in [-0.25, -0.2) is 0 Å². The van der Waals surface area contributed by atoms with Crippen molar-refractivity contribution in [1.29, 1.82) is 0 Å². The van der Waals surface area contributed by atoms with Crippen molar-refractivity contribution in [1.82, 2.24) is 0 Å². The summed E-state index contributed by atoms with van der Waals surface area (Å²) < 4.78 is 0. The van der Waals surface area contributed by atoms with E-state index in [2.05, 4.69) is 0 Å². The molecule has 0 unspecified atom stereocenters. The highest BCUT2D eigenvalue weighted by atomic mass is 16.3. The molecule has 4 nitrogen and oxygen atoms in total. The molecule has 5 saturated carbocycles. The van der Waals surface area contributed by atoms with E-state index in [0.29, 0.717) is 11.6 Å². The number of fused-ring (bicyclic) bond motifs is 3. The Hall–Kier alpha value is -0.740. The number of ketones is 2. The Balaban J connectivity index is 1.40. The summed E-state index contributed by atoms with van der Waals surface area (Å²) in [6.07, 6.45) is 11.4. The van der Waals surface area contributed by atoms with Gasteiger partial charge in [0.15, 0.2) is 0 Å². The van der Waals surface area contributed by atoms with E-state index >= 15 is 0 Å². The van der Waals surface area contributed by atoms with Crippen molar-refractivity contribution in [3.05, 3.63) is 0 Å². The third-order valence-electron chi connectivity index (χ3n) is 8.43. The van der Waals surface area contributed by atoms with Crippen molar-refractivity contribution in [2.75, 3.05) is 0 Å². The predicted molar refractivity (Wildman–Crippen MR) is 98.5 cm³/mol. The van der Waals surface area contributed by atoms with Crippen molar-refractivity contribution < 1.29 is 19.8 Å². The number of rotatable bonds is 4. The maximum atomic E-state index is 13.3. The van der Waals surface area contributed by atoms with Gasteiger partial charge >= 0.3 is 0 Å². The van der Waals surface area contributed by atoms with Crippen LogP contribution in [0, 0.1) is 22.7 Å². The summed E-state index contributed by atoms with van der Waals surface area (Å²) >= 11 is 0. The van der Waals surface area contributed by atoms with Crippen LogP contribution in [0.25, 0.3) is 0 Å². The third-order valence-corrected chi connectivity index (χ3v) is 8.43. The van der Waals surface area contributed by atoms with E-state index < -0.39 is 0 Å². The number of Topliss-reactive ketones (excluding diaryl/α,β-unsaturated/α-hetero) is 2. The molecule has 5 rings (SSSR count). The van der Waals surface area contributed by atoms with Gasteiger partial charge in [0.25, 0.3) is 0 Å². The Morgan fingerprint density at radius 2 is 0.808 bits per heavy atom. The smallest absolute Gasteiger partial charge is 0.142 e.